The molecule has 1 aromatic heterocycles. The van der Waals surface area contributed by atoms with Crippen LogP contribution in [0.4, 0.5) is 0 Å². The SMILES string of the molecule is CCOc1ccccc1-c1nc(/C=C/C(=O)O)cs1. The molecule has 2 rings (SSSR count). The molecule has 4 nitrogen and oxygen atoms in total. The van der Waals surface area contributed by atoms with Crippen molar-refractivity contribution in [2.45, 2.75) is 6.92 Å². The Hall–Kier alpha value is -2.14. The van der Waals surface area contributed by atoms with E-state index in [0.717, 1.165) is 22.4 Å². The Labute approximate surface area is 115 Å². The number of thiazole rings is 1. The maximum atomic E-state index is 10.5. The molecule has 1 N–H and O–H groups in total. The van der Waals surface area contributed by atoms with Gasteiger partial charge in [0.2, 0.25) is 0 Å². The highest BCUT2D eigenvalue weighted by molar-refractivity contribution is 7.13. The Balaban J connectivity index is 2.30. The van der Waals surface area contributed by atoms with Crippen LogP contribution in [0, 0.1) is 0 Å². The standard InChI is InChI=1S/C14H13NO3S/c1-2-18-12-6-4-3-5-11(12)14-15-10(9-19-14)7-8-13(16)17/h3-9H,2H2,1H3,(H,16,17)/b8-7+. The monoisotopic (exact) mass is 275 g/mol. The number of para-hydroxylation sites is 1. The van der Waals surface area contributed by atoms with Gasteiger partial charge in [0.1, 0.15) is 10.8 Å². The molecule has 0 fully saturated rings. The van der Waals surface area contributed by atoms with E-state index in [4.69, 9.17) is 9.84 Å². The van der Waals surface area contributed by atoms with Gasteiger partial charge in [-0.15, -0.1) is 11.3 Å². The fourth-order valence-electron chi connectivity index (χ4n) is 1.57. The van der Waals surface area contributed by atoms with Gasteiger partial charge in [-0.1, -0.05) is 12.1 Å². The zero-order valence-electron chi connectivity index (χ0n) is 10.4. The predicted octanol–water partition coefficient (Wildman–Crippen LogP) is 3.31. The third-order valence-electron chi connectivity index (χ3n) is 2.34. The zero-order valence-corrected chi connectivity index (χ0v) is 11.2. The normalized spacial score (nSPS) is 10.8. The van der Waals surface area contributed by atoms with Crippen molar-refractivity contribution >= 4 is 23.4 Å². The molecule has 0 amide bonds. The number of carbonyl (C=O) groups is 1. The molecule has 0 spiro atoms. The van der Waals surface area contributed by atoms with Crippen molar-refractivity contribution in [3.8, 4) is 16.3 Å². The lowest BCUT2D eigenvalue weighted by Gasteiger charge is -2.06. The van der Waals surface area contributed by atoms with Crippen LogP contribution in [0.1, 0.15) is 12.6 Å². The smallest absolute Gasteiger partial charge is 0.328 e. The van der Waals surface area contributed by atoms with E-state index in [9.17, 15) is 4.79 Å². The minimum Gasteiger partial charge on any atom is -0.493 e. The van der Waals surface area contributed by atoms with E-state index in [0.29, 0.717) is 12.3 Å². The van der Waals surface area contributed by atoms with Crippen LogP contribution in [0.3, 0.4) is 0 Å². The van der Waals surface area contributed by atoms with Crippen LogP contribution >= 0.6 is 11.3 Å². The van der Waals surface area contributed by atoms with Gasteiger partial charge in [0.25, 0.3) is 0 Å². The number of aromatic nitrogens is 1. The lowest BCUT2D eigenvalue weighted by atomic mass is 10.2. The number of carboxylic acid groups (broad SMARTS) is 1. The summed E-state index contributed by atoms with van der Waals surface area (Å²) in [5.41, 5.74) is 1.55. The number of ether oxygens (including phenoxy) is 1. The summed E-state index contributed by atoms with van der Waals surface area (Å²) in [5.74, 6) is -0.197. The highest BCUT2D eigenvalue weighted by Gasteiger charge is 2.09. The summed E-state index contributed by atoms with van der Waals surface area (Å²) in [6, 6.07) is 7.67. The highest BCUT2D eigenvalue weighted by Crippen LogP contribution is 2.32. The molecule has 0 saturated carbocycles. The zero-order chi connectivity index (χ0) is 13.7. The summed E-state index contributed by atoms with van der Waals surface area (Å²) in [7, 11) is 0. The Kier molecular flexibility index (Phi) is 4.30. The van der Waals surface area contributed by atoms with Crippen LogP contribution in [0.5, 0.6) is 5.75 Å². The summed E-state index contributed by atoms with van der Waals surface area (Å²) >= 11 is 1.46. The van der Waals surface area contributed by atoms with E-state index in [1.54, 1.807) is 0 Å². The van der Waals surface area contributed by atoms with Crippen molar-refractivity contribution in [3.05, 3.63) is 41.4 Å². The summed E-state index contributed by atoms with van der Waals surface area (Å²) < 4.78 is 5.55. The van der Waals surface area contributed by atoms with Gasteiger partial charge in [0.05, 0.1) is 17.9 Å². The largest absolute Gasteiger partial charge is 0.493 e. The molecule has 0 bridgehead atoms. The molecule has 0 radical (unpaired) electrons. The van der Waals surface area contributed by atoms with Gasteiger partial charge in [-0.25, -0.2) is 9.78 Å². The van der Waals surface area contributed by atoms with Crippen molar-refractivity contribution < 1.29 is 14.6 Å². The van der Waals surface area contributed by atoms with Gasteiger partial charge in [-0.05, 0) is 25.1 Å². The van der Waals surface area contributed by atoms with E-state index in [1.165, 1.54) is 17.4 Å². The first kappa shape index (κ1) is 13.3. The van der Waals surface area contributed by atoms with E-state index in [-0.39, 0.29) is 0 Å². The molecule has 1 aromatic carbocycles. The van der Waals surface area contributed by atoms with E-state index >= 15 is 0 Å². The van der Waals surface area contributed by atoms with Crippen molar-refractivity contribution in [1.82, 2.24) is 4.98 Å². The van der Waals surface area contributed by atoms with Crippen molar-refractivity contribution in [2.24, 2.45) is 0 Å². The molecular weight excluding hydrogens is 262 g/mol. The second kappa shape index (κ2) is 6.15. The first-order chi connectivity index (χ1) is 9.20. The fraction of sp³-hybridized carbons (Fsp3) is 0.143. The third kappa shape index (κ3) is 3.42. The van der Waals surface area contributed by atoms with Crippen LogP contribution in [0.15, 0.2) is 35.7 Å². The molecule has 5 heteroatoms. The van der Waals surface area contributed by atoms with E-state index in [1.807, 2.05) is 36.6 Å². The Morgan fingerprint density at radius 3 is 3.00 bits per heavy atom. The van der Waals surface area contributed by atoms with Gasteiger partial charge < -0.3 is 9.84 Å². The summed E-state index contributed by atoms with van der Waals surface area (Å²) in [6.07, 6.45) is 2.55. The lowest BCUT2D eigenvalue weighted by Crippen LogP contribution is -1.93. The maximum Gasteiger partial charge on any atom is 0.328 e. The number of rotatable bonds is 5. The molecule has 2 aromatic rings. The minimum atomic E-state index is -0.982. The minimum absolute atomic E-state index is 0.591. The van der Waals surface area contributed by atoms with Crippen LogP contribution in [0.25, 0.3) is 16.6 Å². The van der Waals surface area contributed by atoms with Crippen molar-refractivity contribution in [2.75, 3.05) is 6.61 Å². The van der Waals surface area contributed by atoms with Crippen molar-refractivity contribution in [1.29, 1.82) is 0 Å². The number of carboxylic acids is 1. The topological polar surface area (TPSA) is 59.4 Å². The first-order valence-electron chi connectivity index (χ1n) is 5.79. The van der Waals surface area contributed by atoms with Gasteiger partial charge >= 0.3 is 5.97 Å². The lowest BCUT2D eigenvalue weighted by molar-refractivity contribution is -0.131. The molecule has 0 aliphatic carbocycles. The van der Waals surface area contributed by atoms with Gasteiger partial charge in [0.15, 0.2) is 0 Å². The molecule has 0 saturated heterocycles. The van der Waals surface area contributed by atoms with Gasteiger partial charge in [-0.2, -0.15) is 0 Å². The van der Waals surface area contributed by atoms with E-state index in [2.05, 4.69) is 4.98 Å². The van der Waals surface area contributed by atoms with Crippen LogP contribution in [-0.2, 0) is 4.79 Å². The Morgan fingerprint density at radius 1 is 1.47 bits per heavy atom. The van der Waals surface area contributed by atoms with Crippen LogP contribution in [0.2, 0.25) is 0 Å². The number of aliphatic carboxylic acids is 1. The quantitative estimate of drug-likeness (QED) is 0.850. The maximum absolute atomic E-state index is 10.5. The second-order valence-corrected chi connectivity index (χ2v) is 4.54. The number of benzene rings is 1. The molecule has 19 heavy (non-hydrogen) atoms. The van der Waals surface area contributed by atoms with Crippen molar-refractivity contribution in [3.63, 3.8) is 0 Å². The van der Waals surface area contributed by atoms with Gasteiger partial charge in [0, 0.05) is 11.5 Å². The van der Waals surface area contributed by atoms with E-state index < -0.39 is 5.97 Å². The third-order valence-corrected chi connectivity index (χ3v) is 3.23. The van der Waals surface area contributed by atoms with Crippen LogP contribution in [-0.4, -0.2) is 22.7 Å². The molecule has 0 aliphatic heterocycles. The average molecular weight is 275 g/mol. The molecule has 98 valence electrons. The molecule has 1 heterocycles. The number of hydrogen-bond acceptors (Lipinski definition) is 4. The second-order valence-electron chi connectivity index (χ2n) is 3.68. The molecule has 0 aliphatic rings. The Morgan fingerprint density at radius 2 is 2.26 bits per heavy atom. The highest BCUT2D eigenvalue weighted by atomic mass is 32.1. The number of hydrogen-bond donors (Lipinski definition) is 1. The summed E-state index contributed by atoms with van der Waals surface area (Å²) in [4.78, 5) is 14.8. The molecular formula is C14H13NO3S. The summed E-state index contributed by atoms with van der Waals surface area (Å²) in [5, 5.41) is 11.2. The average Bonchev–Trinajstić information content (AvgIpc) is 2.86. The summed E-state index contributed by atoms with van der Waals surface area (Å²) in [6.45, 7) is 2.52. The number of nitrogens with zero attached hydrogens (tertiary/aromatic N) is 1. The van der Waals surface area contributed by atoms with Crippen LogP contribution < -0.4 is 4.74 Å². The van der Waals surface area contributed by atoms with Gasteiger partial charge in [-0.3, -0.25) is 0 Å². The Bertz CT molecular complexity index is 604. The molecule has 0 atom stereocenters. The molecule has 0 unspecified atom stereocenters. The fourth-order valence-corrected chi connectivity index (χ4v) is 2.39. The first-order valence-corrected chi connectivity index (χ1v) is 6.67. The predicted molar refractivity (Wildman–Crippen MR) is 75.4 cm³/mol.